The molecule has 2 aromatic carbocycles. The molecule has 0 unspecified atom stereocenters. The van der Waals surface area contributed by atoms with Gasteiger partial charge in [-0.15, -0.1) is 0 Å². The van der Waals surface area contributed by atoms with Crippen molar-refractivity contribution in [1.82, 2.24) is 0 Å². The van der Waals surface area contributed by atoms with Crippen LogP contribution in [0.25, 0.3) is 11.1 Å². The summed E-state index contributed by atoms with van der Waals surface area (Å²) in [6.45, 7) is 0. The molecular weight excluding hydrogens is 283 g/mol. The molecule has 0 saturated heterocycles. The maximum atomic E-state index is 2.39. The van der Waals surface area contributed by atoms with Gasteiger partial charge in [-0.25, -0.2) is 0 Å². The topological polar surface area (TPSA) is 0 Å². The number of rotatable bonds is 2. The quantitative estimate of drug-likeness (QED) is 0.572. The molecule has 14 heavy (non-hydrogen) atoms. The summed E-state index contributed by atoms with van der Waals surface area (Å²) in [4.78, 5) is 0. The van der Waals surface area contributed by atoms with Gasteiger partial charge in [0.1, 0.15) is 0 Å². The van der Waals surface area contributed by atoms with E-state index >= 15 is 0 Å². The Balaban J connectivity index is 2.42. The molecule has 1 heteroatoms. The number of alkyl halides is 1. The highest BCUT2D eigenvalue weighted by molar-refractivity contribution is 14.1. The van der Waals surface area contributed by atoms with Crippen molar-refractivity contribution >= 4 is 22.6 Å². The lowest BCUT2D eigenvalue weighted by Crippen LogP contribution is -1.80. The maximum Gasteiger partial charge on any atom is 0.0247 e. The summed E-state index contributed by atoms with van der Waals surface area (Å²) >= 11 is 2.39. The second-order valence-electron chi connectivity index (χ2n) is 3.20. The van der Waals surface area contributed by atoms with Crippen molar-refractivity contribution in [2.24, 2.45) is 0 Å². The average molecular weight is 294 g/mol. The second-order valence-corrected chi connectivity index (χ2v) is 3.96. The van der Waals surface area contributed by atoms with E-state index in [-0.39, 0.29) is 0 Å². The highest BCUT2D eigenvalue weighted by Crippen LogP contribution is 2.20. The largest absolute Gasteiger partial charge is 0.0812 e. The van der Waals surface area contributed by atoms with Gasteiger partial charge in [-0.3, -0.25) is 0 Å². The molecule has 0 bridgehead atoms. The fourth-order valence-corrected chi connectivity index (χ4v) is 1.94. The molecule has 0 heterocycles. The van der Waals surface area contributed by atoms with Gasteiger partial charge in [0.15, 0.2) is 0 Å². The van der Waals surface area contributed by atoms with E-state index in [4.69, 9.17) is 0 Å². The van der Waals surface area contributed by atoms with Crippen LogP contribution in [0.15, 0.2) is 54.6 Å². The van der Waals surface area contributed by atoms with Gasteiger partial charge in [0.2, 0.25) is 0 Å². The van der Waals surface area contributed by atoms with Gasteiger partial charge >= 0.3 is 0 Å². The van der Waals surface area contributed by atoms with E-state index in [0.29, 0.717) is 0 Å². The van der Waals surface area contributed by atoms with Gasteiger partial charge in [0.25, 0.3) is 0 Å². The van der Waals surface area contributed by atoms with Crippen LogP contribution in [-0.2, 0) is 4.43 Å². The zero-order valence-corrected chi connectivity index (χ0v) is 9.94. The first-order valence-corrected chi connectivity index (χ1v) is 6.13. The molecule has 0 radical (unpaired) electrons. The highest BCUT2D eigenvalue weighted by atomic mass is 127. The summed E-state index contributed by atoms with van der Waals surface area (Å²) < 4.78 is 1.07. The Morgan fingerprint density at radius 1 is 0.786 bits per heavy atom. The summed E-state index contributed by atoms with van der Waals surface area (Å²) in [5.41, 5.74) is 3.98. The summed E-state index contributed by atoms with van der Waals surface area (Å²) in [7, 11) is 0. The number of halogens is 1. The Bertz CT molecular complexity index is 407. The Labute approximate surface area is 98.1 Å². The zero-order valence-electron chi connectivity index (χ0n) is 7.78. The van der Waals surface area contributed by atoms with Crippen LogP contribution in [0.1, 0.15) is 5.56 Å². The predicted octanol–water partition coefficient (Wildman–Crippen LogP) is 4.29. The minimum Gasteiger partial charge on any atom is -0.0812 e. The van der Waals surface area contributed by atoms with E-state index < -0.39 is 0 Å². The third-order valence-corrected chi connectivity index (χ3v) is 3.07. The van der Waals surface area contributed by atoms with Crippen LogP contribution in [0.3, 0.4) is 0 Å². The first kappa shape index (κ1) is 9.71. The summed E-state index contributed by atoms with van der Waals surface area (Å²) in [6.07, 6.45) is 0. The fourth-order valence-electron chi connectivity index (χ4n) is 1.46. The van der Waals surface area contributed by atoms with E-state index in [0.717, 1.165) is 4.43 Å². The first-order chi connectivity index (χ1) is 6.90. The smallest absolute Gasteiger partial charge is 0.0247 e. The van der Waals surface area contributed by atoms with E-state index in [2.05, 4.69) is 71.1 Å². The van der Waals surface area contributed by atoms with Crippen LogP contribution in [-0.4, -0.2) is 0 Å². The molecule has 0 nitrogen and oxygen atoms in total. The standard InChI is InChI=1S/C13H11I/c14-10-11-5-4-8-13(9-11)12-6-2-1-3-7-12/h1-9H,10H2. The minimum absolute atomic E-state index is 1.07. The van der Waals surface area contributed by atoms with Crippen LogP contribution in [0, 0.1) is 0 Å². The van der Waals surface area contributed by atoms with E-state index in [1.54, 1.807) is 0 Å². The average Bonchev–Trinajstić information content (AvgIpc) is 2.30. The lowest BCUT2D eigenvalue weighted by Gasteiger charge is -2.02. The van der Waals surface area contributed by atoms with Gasteiger partial charge in [-0.2, -0.15) is 0 Å². The van der Waals surface area contributed by atoms with Crippen LogP contribution in [0.2, 0.25) is 0 Å². The predicted molar refractivity (Wildman–Crippen MR) is 69.6 cm³/mol. The van der Waals surface area contributed by atoms with Gasteiger partial charge in [0, 0.05) is 4.43 Å². The maximum absolute atomic E-state index is 2.39. The Morgan fingerprint density at radius 2 is 1.50 bits per heavy atom. The molecule has 0 atom stereocenters. The molecule has 0 aliphatic heterocycles. The Hall–Kier alpha value is -0.830. The molecule has 0 aliphatic rings. The molecule has 0 fully saturated rings. The summed E-state index contributed by atoms with van der Waals surface area (Å²) in [5, 5.41) is 0. The molecular formula is C13H11I. The fraction of sp³-hybridized carbons (Fsp3) is 0.0769. The lowest BCUT2D eigenvalue weighted by atomic mass is 10.0. The molecule has 2 aromatic rings. The number of benzene rings is 2. The molecule has 0 aromatic heterocycles. The Kier molecular flexibility index (Phi) is 3.19. The van der Waals surface area contributed by atoms with Gasteiger partial charge in [-0.05, 0) is 16.7 Å². The second kappa shape index (κ2) is 4.60. The summed E-state index contributed by atoms with van der Waals surface area (Å²) in [6, 6.07) is 19.2. The van der Waals surface area contributed by atoms with Crippen molar-refractivity contribution in [1.29, 1.82) is 0 Å². The molecule has 2 rings (SSSR count). The molecule has 0 N–H and O–H groups in total. The third-order valence-electron chi connectivity index (χ3n) is 2.19. The van der Waals surface area contributed by atoms with Gasteiger partial charge in [0.05, 0.1) is 0 Å². The van der Waals surface area contributed by atoms with E-state index in [9.17, 15) is 0 Å². The first-order valence-electron chi connectivity index (χ1n) is 4.60. The number of hydrogen-bond donors (Lipinski definition) is 0. The highest BCUT2D eigenvalue weighted by Gasteiger charge is 1.96. The van der Waals surface area contributed by atoms with Gasteiger partial charge in [-0.1, -0.05) is 77.2 Å². The normalized spacial score (nSPS) is 10.1. The van der Waals surface area contributed by atoms with Crippen molar-refractivity contribution in [2.45, 2.75) is 4.43 Å². The summed E-state index contributed by atoms with van der Waals surface area (Å²) in [5.74, 6) is 0. The monoisotopic (exact) mass is 294 g/mol. The molecule has 0 saturated carbocycles. The lowest BCUT2D eigenvalue weighted by molar-refractivity contribution is 1.45. The van der Waals surface area contributed by atoms with Crippen LogP contribution >= 0.6 is 22.6 Å². The molecule has 0 amide bonds. The van der Waals surface area contributed by atoms with Crippen molar-refractivity contribution in [3.8, 4) is 11.1 Å². The van der Waals surface area contributed by atoms with Crippen LogP contribution < -0.4 is 0 Å². The molecule has 0 aliphatic carbocycles. The van der Waals surface area contributed by atoms with E-state index in [1.165, 1.54) is 16.7 Å². The molecule has 0 spiro atoms. The minimum atomic E-state index is 1.07. The van der Waals surface area contributed by atoms with E-state index in [1.807, 2.05) is 6.07 Å². The van der Waals surface area contributed by atoms with Gasteiger partial charge < -0.3 is 0 Å². The zero-order chi connectivity index (χ0) is 9.80. The van der Waals surface area contributed by atoms with Crippen molar-refractivity contribution in [2.75, 3.05) is 0 Å². The van der Waals surface area contributed by atoms with Crippen molar-refractivity contribution in [3.63, 3.8) is 0 Å². The number of hydrogen-bond acceptors (Lipinski definition) is 0. The molecule has 70 valence electrons. The third kappa shape index (κ3) is 2.15. The van der Waals surface area contributed by atoms with Crippen LogP contribution in [0.5, 0.6) is 0 Å². The van der Waals surface area contributed by atoms with Crippen molar-refractivity contribution in [3.05, 3.63) is 60.2 Å². The Morgan fingerprint density at radius 3 is 2.21 bits per heavy atom. The van der Waals surface area contributed by atoms with Crippen molar-refractivity contribution < 1.29 is 0 Å². The SMILES string of the molecule is ICc1cccc(-c2ccccc2)c1. The van der Waals surface area contributed by atoms with Crippen LogP contribution in [0.4, 0.5) is 0 Å².